The molecule has 1 aromatic carbocycles. The Morgan fingerprint density at radius 1 is 1.25 bits per heavy atom. The summed E-state index contributed by atoms with van der Waals surface area (Å²) in [5.74, 6) is -0.388. The number of nitrogens with zero attached hydrogens (tertiary/aromatic N) is 3. The summed E-state index contributed by atoms with van der Waals surface area (Å²) < 4.78 is 14.9. The van der Waals surface area contributed by atoms with Crippen molar-refractivity contribution < 1.29 is 9.18 Å². The van der Waals surface area contributed by atoms with E-state index in [2.05, 4.69) is 15.4 Å². The van der Waals surface area contributed by atoms with E-state index in [0.717, 1.165) is 0 Å². The average Bonchev–Trinajstić information content (AvgIpc) is 2.96. The zero-order chi connectivity index (χ0) is 17.3. The Kier molecular flexibility index (Phi) is 4.18. The molecule has 2 heterocycles. The summed E-state index contributed by atoms with van der Waals surface area (Å²) in [5.41, 5.74) is 7.24. The van der Waals surface area contributed by atoms with Crippen LogP contribution in [0.4, 0.5) is 16.0 Å². The Labute approximate surface area is 142 Å². The first-order chi connectivity index (χ1) is 11.5. The number of hydrogen-bond donors (Lipinski definition) is 2. The lowest BCUT2D eigenvalue weighted by Gasteiger charge is -2.10. The largest absolute Gasteiger partial charge is 0.383 e. The van der Waals surface area contributed by atoms with Gasteiger partial charge in [0.25, 0.3) is 5.91 Å². The molecule has 8 heteroatoms. The molecule has 122 valence electrons. The molecule has 0 spiro atoms. The molecule has 3 aromatic rings. The zero-order valence-electron chi connectivity index (χ0n) is 12.6. The number of carbonyl (C=O) groups is 1. The number of halogens is 2. The summed E-state index contributed by atoms with van der Waals surface area (Å²) in [6.45, 7) is 0. The summed E-state index contributed by atoms with van der Waals surface area (Å²) in [6.07, 6.45) is 1.52. The first-order valence-electron chi connectivity index (χ1n) is 6.97. The standard InChI is InChI=1S/C16H13ClFN5O/c1-23-13(6-7-20-23)16(24)22-14-5-3-10(15(19)21-14)11-8-9(18)2-4-12(11)17/h2-8H,1H3,(H3,19,21,22,24). The molecule has 0 unspecified atom stereocenters. The first kappa shape index (κ1) is 15.9. The van der Waals surface area contributed by atoms with E-state index in [1.807, 2.05) is 0 Å². The third-order valence-corrected chi connectivity index (χ3v) is 3.77. The number of pyridine rings is 1. The molecule has 0 saturated heterocycles. The number of aryl methyl sites for hydroxylation is 1. The number of rotatable bonds is 3. The molecular formula is C16H13ClFN5O. The maximum Gasteiger partial charge on any atom is 0.275 e. The van der Waals surface area contributed by atoms with Crippen molar-refractivity contribution in [1.29, 1.82) is 0 Å². The van der Waals surface area contributed by atoms with E-state index in [9.17, 15) is 9.18 Å². The second kappa shape index (κ2) is 6.29. The summed E-state index contributed by atoms with van der Waals surface area (Å²) in [6, 6.07) is 8.77. The van der Waals surface area contributed by atoms with Crippen LogP contribution in [-0.4, -0.2) is 20.7 Å². The van der Waals surface area contributed by atoms with Crippen LogP contribution in [0.3, 0.4) is 0 Å². The Morgan fingerprint density at radius 3 is 2.71 bits per heavy atom. The van der Waals surface area contributed by atoms with Crippen LogP contribution in [-0.2, 0) is 7.05 Å². The molecule has 6 nitrogen and oxygen atoms in total. The number of hydrogen-bond acceptors (Lipinski definition) is 4. The van der Waals surface area contributed by atoms with Crippen LogP contribution in [0.2, 0.25) is 5.02 Å². The van der Waals surface area contributed by atoms with Crippen LogP contribution in [0.15, 0.2) is 42.6 Å². The number of aromatic nitrogens is 3. The molecule has 0 fully saturated rings. The Bertz CT molecular complexity index is 925. The number of amides is 1. The van der Waals surface area contributed by atoms with Gasteiger partial charge in [-0.15, -0.1) is 0 Å². The van der Waals surface area contributed by atoms with E-state index < -0.39 is 5.82 Å². The number of nitrogens with one attached hydrogen (secondary N) is 1. The van der Waals surface area contributed by atoms with E-state index in [4.69, 9.17) is 17.3 Å². The Hall–Kier alpha value is -2.93. The fourth-order valence-electron chi connectivity index (χ4n) is 2.25. The van der Waals surface area contributed by atoms with Crippen molar-refractivity contribution in [2.45, 2.75) is 0 Å². The van der Waals surface area contributed by atoms with Gasteiger partial charge in [-0.2, -0.15) is 5.10 Å². The molecule has 0 saturated carbocycles. The van der Waals surface area contributed by atoms with Gasteiger partial charge in [-0.1, -0.05) is 11.6 Å². The van der Waals surface area contributed by atoms with Crippen molar-refractivity contribution in [3.63, 3.8) is 0 Å². The maximum absolute atomic E-state index is 13.4. The van der Waals surface area contributed by atoms with E-state index in [0.29, 0.717) is 21.8 Å². The monoisotopic (exact) mass is 345 g/mol. The van der Waals surface area contributed by atoms with E-state index >= 15 is 0 Å². The lowest BCUT2D eigenvalue weighted by Crippen LogP contribution is -2.17. The summed E-state index contributed by atoms with van der Waals surface area (Å²) in [5, 5.41) is 6.92. The predicted octanol–water partition coefficient (Wildman–Crippen LogP) is 3.11. The molecule has 0 bridgehead atoms. The van der Waals surface area contributed by atoms with Crippen LogP contribution < -0.4 is 11.1 Å². The SMILES string of the molecule is Cn1nccc1C(=O)Nc1ccc(-c2cc(F)ccc2Cl)c(N)n1. The van der Waals surface area contributed by atoms with Gasteiger partial charge in [0.1, 0.15) is 23.1 Å². The number of anilines is 2. The van der Waals surface area contributed by atoms with Crippen molar-refractivity contribution >= 4 is 29.1 Å². The lowest BCUT2D eigenvalue weighted by molar-refractivity contribution is 0.101. The fourth-order valence-corrected chi connectivity index (χ4v) is 2.47. The van der Waals surface area contributed by atoms with Crippen LogP contribution in [0, 0.1) is 5.82 Å². The minimum atomic E-state index is -0.428. The van der Waals surface area contributed by atoms with Crippen molar-refractivity contribution in [2.24, 2.45) is 7.05 Å². The molecule has 24 heavy (non-hydrogen) atoms. The minimum Gasteiger partial charge on any atom is -0.383 e. The van der Waals surface area contributed by atoms with Crippen LogP contribution in [0.1, 0.15) is 10.5 Å². The van der Waals surface area contributed by atoms with Gasteiger partial charge in [0.15, 0.2) is 0 Å². The second-order valence-electron chi connectivity index (χ2n) is 5.05. The molecule has 0 aliphatic rings. The Balaban J connectivity index is 1.89. The predicted molar refractivity (Wildman–Crippen MR) is 90.2 cm³/mol. The second-order valence-corrected chi connectivity index (χ2v) is 5.45. The molecule has 3 N–H and O–H groups in total. The van der Waals surface area contributed by atoms with Crippen LogP contribution in [0.5, 0.6) is 0 Å². The van der Waals surface area contributed by atoms with Crippen molar-refractivity contribution in [3.8, 4) is 11.1 Å². The van der Waals surface area contributed by atoms with Crippen LogP contribution in [0.25, 0.3) is 11.1 Å². The highest BCUT2D eigenvalue weighted by molar-refractivity contribution is 6.33. The van der Waals surface area contributed by atoms with Crippen LogP contribution >= 0.6 is 11.6 Å². The molecule has 2 aromatic heterocycles. The maximum atomic E-state index is 13.4. The molecular weight excluding hydrogens is 333 g/mol. The molecule has 0 radical (unpaired) electrons. The lowest BCUT2D eigenvalue weighted by atomic mass is 10.1. The number of carbonyl (C=O) groups excluding carboxylic acids is 1. The van der Waals surface area contributed by atoms with Gasteiger partial charge in [0.2, 0.25) is 0 Å². The molecule has 0 aliphatic heterocycles. The highest BCUT2D eigenvalue weighted by Crippen LogP contribution is 2.32. The first-order valence-corrected chi connectivity index (χ1v) is 7.35. The number of nitrogens with two attached hydrogens (primary N) is 1. The van der Waals surface area contributed by atoms with Gasteiger partial charge in [0, 0.05) is 29.4 Å². The van der Waals surface area contributed by atoms with E-state index in [1.54, 1.807) is 25.2 Å². The molecule has 3 rings (SSSR count). The molecule has 0 aliphatic carbocycles. The van der Waals surface area contributed by atoms with E-state index in [-0.39, 0.29) is 17.5 Å². The highest BCUT2D eigenvalue weighted by atomic mass is 35.5. The summed E-state index contributed by atoms with van der Waals surface area (Å²) >= 11 is 6.08. The Morgan fingerprint density at radius 2 is 2.04 bits per heavy atom. The van der Waals surface area contributed by atoms with Crippen molar-refractivity contribution in [1.82, 2.24) is 14.8 Å². The molecule has 0 atom stereocenters. The third-order valence-electron chi connectivity index (χ3n) is 3.44. The normalized spacial score (nSPS) is 10.6. The van der Waals surface area contributed by atoms with Gasteiger partial charge in [-0.25, -0.2) is 9.37 Å². The number of nitrogen functional groups attached to an aromatic ring is 1. The topological polar surface area (TPSA) is 85.8 Å². The van der Waals surface area contributed by atoms with Crippen molar-refractivity contribution in [3.05, 3.63) is 59.1 Å². The fraction of sp³-hybridized carbons (Fsp3) is 0.0625. The third kappa shape index (κ3) is 3.07. The van der Waals surface area contributed by atoms with Gasteiger partial charge in [-0.05, 0) is 36.4 Å². The van der Waals surface area contributed by atoms with Gasteiger partial charge < -0.3 is 11.1 Å². The van der Waals surface area contributed by atoms with Gasteiger partial charge in [0.05, 0.1) is 0 Å². The average molecular weight is 346 g/mol. The van der Waals surface area contributed by atoms with Gasteiger partial charge in [-0.3, -0.25) is 9.48 Å². The quantitative estimate of drug-likeness (QED) is 0.763. The molecule has 1 amide bonds. The smallest absolute Gasteiger partial charge is 0.275 e. The minimum absolute atomic E-state index is 0.130. The highest BCUT2D eigenvalue weighted by Gasteiger charge is 2.13. The summed E-state index contributed by atoms with van der Waals surface area (Å²) in [4.78, 5) is 16.3. The summed E-state index contributed by atoms with van der Waals surface area (Å²) in [7, 11) is 1.66. The van der Waals surface area contributed by atoms with E-state index in [1.165, 1.54) is 29.1 Å². The number of benzene rings is 1. The zero-order valence-corrected chi connectivity index (χ0v) is 13.4. The van der Waals surface area contributed by atoms with Gasteiger partial charge >= 0.3 is 0 Å². The van der Waals surface area contributed by atoms with Crippen molar-refractivity contribution in [2.75, 3.05) is 11.1 Å².